The molecule has 1 N–H and O–H groups in total. The molecule has 0 saturated carbocycles. The summed E-state index contributed by atoms with van der Waals surface area (Å²) in [6.07, 6.45) is -0.458. The minimum atomic E-state index is -0.527. The van der Waals surface area contributed by atoms with E-state index in [0.29, 0.717) is 5.56 Å². The summed E-state index contributed by atoms with van der Waals surface area (Å²) in [5, 5.41) is 14.3. The van der Waals surface area contributed by atoms with E-state index in [0.717, 1.165) is 16.3 Å². The van der Waals surface area contributed by atoms with Crippen LogP contribution in [0.2, 0.25) is 0 Å². The molecule has 5 nitrogen and oxygen atoms in total. The van der Waals surface area contributed by atoms with Gasteiger partial charge in [-0.05, 0) is 39.8 Å². The van der Waals surface area contributed by atoms with Crippen molar-refractivity contribution in [1.82, 2.24) is 10.3 Å². The predicted molar refractivity (Wildman–Crippen MR) is 90.0 cm³/mol. The normalized spacial score (nSPS) is 12.3. The molecule has 0 aliphatic carbocycles. The maximum Gasteiger partial charge on any atom is 0.408 e. The van der Waals surface area contributed by atoms with Gasteiger partial charge in [0.05, 0.1) is 23.4 Å². The van der Waals surface area contributed by atoms with Gasteiger partial charge in [0.15, 0.2) is 0 Å². The zero-order chi connectivity index (χ0) is 17.0. The lowest BCUT2D eigenvalue weighted by atomic mass is 10.1. The fourth-order valence-electron chi connectivity index (χ4n) is 1.88. The van der Waals surface area contributed by atoms with E-state index >= 15 is 0 Å². The van der Waals surface area contributed by atoms with Gasteiger partial charge >= 0.3 is 6.09 Å². The van der Waals surface area contributed by atoms with Crippen LogP contribution < -0.4 is 5.32 Å². The van der Waals surface area contributed by atoms with E-state index in [4.69, 9.17) is 10.00 Å². The van der Waals surface area contributed by atoms with Gasteiger partial charge in [0.25, 0.3) is 0 Å². The molecule has 0 bridgehead atoms. The zero-order valence-electron chi connectivity index (χ0n) is 13.6. The van der Waals surface area contributed by atoms with E-state index in [9.17, 15) is 4.79 Å². The van der Waals surface area contributed by atoms with Crippen LogP contribution in [0.15, 0.2) is 29.6 Å². The molecule has 0 spiro atoms. The Labute approximate surface area is 139 Å². The van der Waals surface area contributed by atoms with E-state index in [2.05, 4.69) is 16.4 Å². The molecule has 2 rings (SSSR count). The van der Waals surface area contributed by atoms with Crippen LogP contribution in [0.25, 0.3) is 11.3 Å². The van der Waals surface area contributed by atoms with Crippen LogP contribution in [0.5, 0.6) is 0 Å². The van der Waals surface area contributed by atoms with Crippen LogP contribution in [0.4, 0.5) is 4.79 Å². The molecule has 1 amide bonds. The third-order valence-corrected chi connectivity index (χ3v) is 3.96. The number of carbonyl (C=O) groups is 1. The predicted octanol–water partition coefficient (Wildman–Crippen LogP) is 4.27. The summed E-state index contributed by atoms with van der Waals surface area (Å²) in [6, 6.07) is 9.11. The molecule has 0 aliphatic heterocycles. The molecular formula is C17H19N3O2S. The number of thiazole rings is 1. The molecule has 0 radical (unpaired) electrons. The Hall–Kier alpha value is -2.39. The first kappa shape index (κ1) is 17.0. The highest BCUT2D eigenvalue weighted by Gasteiger charge is 2.19. The van der Waals surface area contributed by atoms with Crippen LogP contribution in [-0.4, -0.2) is 16.7 Å². The Kier molecular flexibility index (Phi) is 5.02. The van der Waals surface area contributed by atoms with Crippen molar-refractivity contribution in [2.75, 3.05) is 0 Å². The Morgan fingerprint density at radius 1 is 1.35 bits per heavy atom. The summed E-state index contributed by atoms with van der Waals surface area (Å²) >= 11 is 1.48. The van der Waals surface area contributed by atoms with E-state index in [-0.39, 0.29) is 6.04 Å². The van der Waals surface area contributed by atoms with Crippen molar-refractivity contribution >= 4 is 17.4 Å². The lowest BCUT2D eigenvalue weighted by Crippen LogP contribution is -2.34. The number of nitrogens with zero attached hydrogens (tertiary/aromatic N) is 2. The topological polar surface area (TPSA) is 75.0 Å². The molecule has 0 aliphatic rings. The molecule has 120 valence electrons. The van der Waals surface area contributed by atoms with Gasteiger partial charge in [-0.15, -0.1) is 11.3 Å². The second-order valence-corrected chi connectivity index (χ2v) is 7.02. The minimum Gasteiger partial charge on any atom is -0.444 e. The number of benzene rings is 1. The van der Waals surface area contributed by atoms with Crippen LogP contribution in [-0.2, 0) is 4.74 Å². The quantitative estimate of drug-likeness (QED) is 0.912. The lowest BCUT2D eigenvalue weighted by molar-refractivity contribution is 0.0508. The van der Waals surface area contributed by atoms with Gasteiger partial charge in [-0.2, -0.15) is 5.26 Å². The van der Waals surface area contributed by atoms with Crippen molar-refractivity contribution in [2.45, 2.75) is 39.3 Å². The molecule has 1 aromatic heterocycles. The van der Waals surface area contributed by atoms with Crippen LogP contribution in [0, 0.1) is 11.3 Å². The average Bonchev–Trinajstić information content (AvgIpc) is 2.95. The maximum absolute atomic E-state index is 11.8. The number of alkyl carbamates (subject to hydrolysis) is 1. The largest absolute Gasteiger partial charge is 0.444 e. The second kappa shape index (κ2) is 6.80. The van der Waals surface area contributed by atoms with Gasteiger partial charge in [0.2, 0.25) is 0 Å². The number of aromatic nitrogens is 1. The second-order valence-electron chi connectivity index (χ2n) is 6.13. The number of hydrogen-bond donors (Lipinski definition) is 1. The van der Waals surface area contributed by atoms with Crippen molar-refractivity contribution < 1.29 is 9.53 Å². The van der Waals surface area contributed by atoms with Crippen LogP contribution in [0.3, 0.4) is 0 Å². The monoisotopic (exact) mass is 329 g/mol. The highest BCUT2D eigenvalue weighted by molar-refractivity contribution is 7.10. The number of amides is 1. The zero-order valence-corrected chi connectivity index (χ0v) is 14.4. The third kappa shape index (κ3) is 4.80. The van der Waals surface area contributed by atoms with E-state index in [1.807, 2.05) is 45.2 Å². The van der Waals surface area contributed by atoms with E-state index in [1.165, 1.54) is 11.3 Å². The summed E-state index contributed by atoms with van der Waals surface area (Å²) in [4.78, 5) is 16.4. The van der Waals surface area contributed by atoms with Gasteiger partial charge in [0.1, 0.15) is 10.6 Å². The number of rotatable bonds is 3. The van der Waals surface area contributed by atoms with Crippen LogP contribution in [0.1, 0.15) is 44.3 Å². The molecule has 1 heterocycles. The van der Waals surface area contributed by atoms with Crippen molar-refractivity contribution in [1.29, 1.82) is 5.26 Å². The molecular weight excluding hydrogens is 310 g/mol. The summed E-state index contributed by atoms with van der Waals surface area (Å²) < 4.78 is 5.24. The molecule has 1 unspecified atom stereocenters. The molecule has 23 heavy (non-hydrogen) atoms. The SMILES string of the molecule is CC(NC(=O)OC(C)(C)C)c1nc(-c2ccc(C#N)cc2)cs1. The van der Waals surface area contributed by atoms with Crippen molar-refractivity contribution in [3.63, 3.8) is 0 Å². The molecule has 2 aromatic rings. The maximum atomic E-state index is 11.8. The van der Waals surface area contributed by atoms with Gasteiger partial charge in [0, 0.05) is 10.9 Å². The summed E-state index contributed by atoms with van der Waals surface area (Å²) in [7, 11) is 0. The molecule has 1 aromatic carbocycles. The van der Waals surface area contributed by atoms with Crippen molar-refractivity contribution in [3.05, 3.63) is 40.2 Å². The average molecular weight is 329 g/mol. The number of nitriles is 1. The first-order chi connectivity index (χ1) is 10.8. The summed E-state index contributed by atoms with van der Waals surface area (Å²) in [5.74, 6) is 0. The highest BCUT2D eigenvalue weighted by Crippen LogP contribution is 2.25. The fraction of sp³-hybridized carbons (Fsp3) is 0.353. The standard InChI is InChI=1S/C17H19N3O2S/c1-11(19-16(21)22-17(2,3)4)15-20-14(10-23-15)13-7-5-12(9-18)6-8-13/h5-8,10-11H,1-4H3,(H,19,21). The summed E-state index contributed by atoms with van der Waals surface area (Å²) in [6.45, 7) is 7.34. The smallest absolute Gasteiger partial charge is 0.408 e. The number of ether oxygens (including phenoxy) is 1. The Morgan fingerprint density at radius 2 is 2.00 bits per heavy atom. The van der Waals surface area contributed by atoms with Gasteiger partial charge in [-0.25, -0.2) is 9.78 Å². The first-order valence-corrected chi connectivity index (χ1v) is 8.12. The van der Waals surface area contributed by atoms with Crippen LogP contribution >= 0.6 is 11.3 Å². The Morgan fingerprint density at radius 3 is 2.57 bits per heavy atom. The highest BCUT2D eigenvalue weighted by atomic mass is 32.1. The molecule has 1 atom stereocenters. The summed E-state index contributed by atoms with van der Waals surface area (Å²) in [5.41, 5.74) is 1.85. The number of hydrogen-bond acceptors (Lipinski definition) is 5. The number of nitrogens with one attached hydrogen (secondary N) is 1. The first-order valence-electron chi connectivity index (χ1n) is 7.24. The lowest BCUT2D eigenvalue weighted by Gasteiger charge is -2.21. The number of carbonyl (C=O) groups excluding carboxylic acids is 1. The van der Waals surface area contributed by atoms with Crippen molar-refractivity contribution in [2.24, 2.45) is 0 Å². The molecule has 6 heteroatoms. The molecule has 0 saturated heterocycles. The Balaban J connectivity index is 2.06. The minimum absolute atomic E-state index is 0.234. The van der Waals surface area contributed by atoms with Gasteiger partial charge in [-0.3, -0.25) is 0 Å². The van der Waals surface area contributed by atoms with Crippen molar-refractivity contribution in [3.8, 4) is 17.3 Å². The third-order valence-electron chi connectivity index (χ3n) is 2.94. The Bertz CT molecular complexity index is 724. The van der Waals surface area contributed by atoms with E-state index in [1.54, 1.807) is 12.1 Å². The van der Waals surface area contributed by atoms with E-state index < -0.39 is 11.7 Å². The van der Waals surface area contributed by atoms with Gasteiger partial charge in [-0.1, -0.05) is 12.1 Å². The van der Waals surface area contributed by atoms with Gasteiger partial charge < -0.3 is 10.1 Å². The molecule has 0 fully saturated rings. The fourth-order valence-corrected chi connectivity index (χ4v) is 2.72.